The van der Waals surface area contributed by atoms with Crippen molar-refractivity contribution in [2.45, 2.75) is 19.3 Å². The summed E-state index contributed by atoms with van der Waals surface area (Å²) < 4.78 is 1.72. The number of rotatable bonds is 1. The van der Waals surface area contributed by atoms with E-state index in [2.05, 4.69) is 5.10 Å². The fourth-order valence-corrected chi connectivity index (χ4v) is 2.04. The molecular weight excluding hydrogens is 200 g/mol. The highest BCUT2D eigenvalue weighted by atomic mass is 35.5. The molecule has 1 aromatic rings. The second-order valence-electron chi connectivity index (χ2n) is 3.45. The van der Waals surface area contributed by atoms with Crippen LogP contribution in [0.4, 0.5) is 0 Å². The van der Waals surface area contributed by atoms with Crippen LogP contribution < -0.4 is 0 Å². The summed E-state index contributed by atoms with van der Waals surface area (Å²) >= 11 is 5.99. The van der Waals surface area contributed by atoms with Crippen LogP contribution in [0.5, 0.6) is 0 Å². The lowest BCUT2D eigenvalue weighted by atomic mass is 9.96. The largest absolute Gasteiger partial charge is 0.295 e. The Morgan fingerprint density at radius 2 is 2.29 bits per heavy atom. The molecule has 0 atom stereocenters. The first-order valence-corrected chi connectivity index (χ1v) is 4.97. The summed E-state index contributed by atoms with van der Waals surface area (Å²) in [6.07, 6.45) is 5.76. The summed E-state index contributed by atoms with van der Waals surface area (Å²) in [7, 11) is 1.83. The fraction of sp³-hybridized carbons (Fsp3) is 0.400. The standard InChI is InChI=1S/C10H11ClN2O/c1-13-10(9(11)6-12-13)7-3-2-4-8(14)5-7/h5-6H,2-4H2,1H3. The normalized spacial score (nSPS) is 17.0. The van der Waals surface area contributed by atoms with Gasteiger partial charge in [-0.1, -0.05) is 11.6 Å². The highest BCUT2D eigenvalue weighted by Gasteiger charge is 2.16. The molecule has 0 aliphatic heterocycles. The molecule has 1 aliphatic rings. The van der Waals surface area contributed by atoms with Crippen molar-refractivity contribution in [1.82, 2.24) is 9.78 Å². The molecule has 1 heterocycles. The minimum absolute atomic E-state index is 0.184. The zero-order chi connectivity index (χ0) is 10.1. The summed E-state index contributed by atoms with van der Waals surface area (Å²) in [6.45, 7) is 0. The van der Waals surface area contributed by atoms with Crippen LogP contribution in [0.25, 0.3) is 5.57 Å². The van der Waals surface area contributed by atoms with E-state index in [0.29, 0.717) is 11.4 Å². The number of ketones is 1. The Morgan fingerprint density at radius 1 is 1.50 bits per heavy atom. The van der Waals surface area contributed by atoms with Crippen molar-refractivity contribution >= 4 is 23.0 Å². The molecule has 14 heavy (non-hydrogen) atoms. The summed E-state index contributed by atoms with van der Waals surface area (Å²) in [5.41, 5.74) is 1.88. The van der Waals surface area contributed by atoms with Crippen LogP contribution >= 0.6 is 11.6 Å². The topological polar surface area (TPSA) is 34.9 Å². The molecule has 4 heteroatoms. The van der Waals surface area contributed by atoms with Crippen LogP contribution in [0.2, 0.25) is 5.02 Å². The summed E-state index contributed by atoms with van der Waals surface area (Å²) in [6, 6.07) is 0. The van der Waals surface area contributed by atoms with Gasteiger partial charge in [0.25, 0.3) is 0 Å². The summed E-state index contributed by atoms with van der Waals surface area (Å²) in [5.74, 6) is 0.184. The number of carbonyl (C=O) groups excluding carboxylic acids is 1. The van der Waals surface area contributed by atoms with Gasteiger partial charge in [-0.2, -0.15) is 5.10 Å². The van der Waals surface area contributed by atoms with E-state index in [9.17, 15) is 4.79 Å². The molecule has 0 amide bonds. The number of hydrogen-bond donors (Lipinski definition) is 0. The molecule has 0 spiro atoms. The lowest BCUT2D eigenvalue weighted by Crippen LogP contribution is -2.05. The maximum atomic E-state index is 11.2. The molecule has 0 aromatic carbocycles. The van der Waals surface area contributed by atoms with Gasteiger partial charge in [-0.25, -0.2) is 0 Å². The van der Waals surface area contributed by atoms with Gasteiger partial charge in [-0.05, 0) is 24.5 Å². The van der Waals surface area contributed by atoms with E-state index in [-0.39, 0.29) is 5.78 Å². The smallest absolute Gasteiger partial charge is 0.156 e. The molecule has 0 fully saturated rings. The maximum Gasteiger partial charge on any atom is 0.156 e. The van der Waals surface area contributed by atoms with Gasteiger partial charge in [0.05, 0.1) is 16.9 Å². The Kier molecular flexibility index (Phi) is 2.42. The van der Waals surface area contributed by atoms with Crippen molar-refractivity contribution in [3.8, 4) is 0 Å². The van der Waals surface area contributed by atoms with E-state index in [1.54, 1.807) is 17.0 Å². The van der Waals surface area contributed by atoms with Gasteiger partial charge in [0.15, 0.2) is 5.78 Å². The van der Waals surface area contributed by atoms with Crippen molar-refractivity contribution in [3.05, 3.63) is 23.0 Å². The van der Waals surface area contributed by atoms with Crippen molar-refractivity contribution in [2.24, 2.45) is 7.05 Å². The predicted molar refractivity (Wildman–Crippen MR) is 55.1 cm³/mol. The summed E-state index contributed by atoms with van der Waals surface area (Å²) in [5, 5.41) is 4.67. The third-order valence-corrected chi connectivity index (χ3v) is 2.68. The molecule has 0 bridgehead atoms. The van der Waals surface area contributed by atoms with Crippen LogP contribution in [0.15, 0.2) is 12.3 Å². The maximum absolute atomic E-state index is 11.2. The highest BCUT2D eigenvalue weighted by molar-refractivity contribution is 6.32. The number of aryl methyl sites for hydroxylation is 1. The first-order chi connectivity index (χ1) is 6.68. The van der Waals surface area contributed by atoms with Gasteiger partial charge in [0.1, 0.15) is 0 Å². The Labute approximate surface area is 87.4 Å². The second kappa shape index (κ2) is 3.58. The molecule has 2 rings (SSSR count). The number of allylic oxidation sites excluding steroid dienone is 2. The first-order valence-electron chi connectivity index (χ1n) is 4.60. The van der Waals surface area contributed by atoms with E-state index in [4.69, 9.17) is 11.6 Å². The van der Waals surface area contributed by atoms with E-state index >= 15 is 0 Å². The molecule has 3 nitrogen and oxygen atoms in total. The Balaban J connectivity index is 2.44. The third-order valence-electron chi connectivity index (χ3n) is 2.40. The number of halogens is 1. The van der Waals surface area contributed by atoms with E-state index in [1.807, 2.05) is 7.05 Å². The van der Waals surface area contributed by atoms with Crippen molar-refractivity contribution < 1.29 is 4.79 Å². The Hall–Kier alpha value is -1.09. The molecule has 0 saturated heterocycles. The average molecular weight is 211 g/mol. The summed E-state index contributed by atoms with van der Waals surface area (Å²) in [4.78, 5) is 11.2. The van der Waals surface area contributed by atoms with Crippen molar-refractivity contribution in [1.29, 1.82) is 0 Å². The third kappa shape index (κ3) is 1.60. The van der Waals surface area contributed by atoms with Gasteiger partial charge in [0, 0.05) is 13.5 Å². The van der Waals surface area contributed by atoms with Crippen LogP contribution in [0.1, 0.15) is 25.0 Å². The number of nitrogens with zero attached hydrogens (tertiary/aromatic N) is 2. The van der Waals surface area contributed by atoms with Gasteiger partial charge in [-0.3, -0.25) is 9.48 Å². The monoisotopic (exact) mass is 210 g/mol. The van der Waals surface area contributed by atoms with Crippen LogP contribution in [-0.4, -0.2) is 15.6 Å². The fourth-order valence-electron chi connectivity index (χ4n) is 1.75. The molecule has 0 saturated carbocycles. The molecular formula is C10H11ClN2O. The molecule has 74 valence electrons. The Morgan fingerprint density at radius 3 is 2.86 bits per heavy atom. The first kappa shape index (κ1) is 9.46. The lowest BCUT2D eigenvalue weighted by molar-refractivity contribution is -0.114. The average Bonchev–Trinajstić information content (AvgIpc) is 2.46. The minimum Gasteiger partial charge on any atom is -0.295 e. The van der Waals surface area contributed by atoms with Crippen molar-refractivity contribution in [2.75, 3.05) is 0 Å². The van der Waals surface area contributed by atoms with Gasteiger partial charge >= 0.3 is 0 Å². The zero-order valence-corrected chi connectivity index (χ0v) is 8.71. The number of hydrogen-bond acceptors (Lipinski definition) is 2. The zero-order valence-electron chi connectivity index (χ0n) is 7.96. The van der Waals surface area contributed by atoms with Crippen LogP contribution in [0, 0.1) is 0 Å². The van der Waals surface area contributed by atoms with Crippen LogP contribution in [0.3, 0.4) is 0 Å². The molecule has 1 aliphatic carbocycles. The van der Waals surface area contributed by atoms with E-state index in [1.165, 1.54) is 0 Å². The van der Waals surface area contributed by atoms with Crippen LogP contribution in [-0.2, 0) is 11.8 Å². The molecule has 0 radical (unpaired) electrons. The Bertz CT molecular complexity index is 387. The number of carbonyl (C=O) groups is 1. The molecule has 0 unspecified atom stereocenters. The van der Waals surface area contributed by atoms with E-state index in [0.717, 1.165) is 24.1 Å². The second-order valence-corrected chi connectivity index (χ2v) is 3.86. The van der Waals surface area contributed by atoms with E-state index < -0.39 is 0 Å². The lowest BCUT2D eigenvalue weighted by Gasteiger charge is -2.12. The van der Waals surface area contributed by atoms with Gasteiger partial charge in [-0.15, -0.1) is 0 Å². The molecule has 1 aromatic heterocycles. The highest BCUT2D eigenvalue weighted by Crippen LogP contribution is 2.29. The number of aromatic nitrogens is 2. The van der Waals surface area contributed by atoms with Crippen molar-refractivity contribution in [3.63, 3.8) is 0 Å². The quantitative estimate of drug-likeness (QED) is 0.713. The van der Waals surface area contributed by atoms with Gasteiger partial charge < -0.3 is 0 Å². The van der Waals surface area contributed by atoms with Gasteiger partial charge in [0.2, 0.25) is 0 Å². The predicted octanol–water partition coefficient (Wildman–Crippen LogP) is 2.21. The molecule has 0 N–H and O–H groups in total. The SMILES string of the molecule is Cn1ncc(Cl)c1C1=CC(=O)CCC1. The minimum atomic E-state index is 0.184.